The summed E-state index contributed by atoms with van der Waals surface area (Å²) in [5.74, 6) is 0.134. The number of hydrogen-bond acceptors (Lipinski definition) is 3. The molecule has 0 saturated heterocycles. The van der Waals surface area contributed by atoms with Crippen molar-refractivity contribution in [3.8, 4) is 0 Å². The Bertz CT molecular complexity index is 175. The second-order valence-electron chi connectivity index (χ2n) is 3.42. The van der Waals surface area contributed by atoms with E-state index in [0.29, 0.717) is 19.4 Å². The lowest BCUT2D eigenvalue weighted by molar-refractivity contribution is -0.143. The first-order valence-corrected chi connectivity index (χ1v) is 5.32. The van der Waals surface area contributed by atoms with Crippen LogP contribution in [0, 0.1) is 0 Å². The van der Waals surface area contributed by atoms with Gasteiger partial charge in [0.15, 0.2) is 0 Å². The van der Waals surface area contributed by atoms with Gasteiger partial charge in [0.05, 0.1) is 6.61 Å². The van der Waals surface area contributed by atoms with Gasteiger partial charge in [0.25, 0.3) is 0 Å². The molecule has 82 valence electrons. The predicted octanol–water partition coefficient (Wildman–Crippen LogP) is 2.48. The first-order valence-electron chi connectivity index (χ1n) is 5.32. The van der Waals surface area contributed by atoms with Crippen molar-refractivity contribution in [2.45, 2.75) is 52.4 Å². The lowest BCUT2D eigenvalue weighted by Crippen LogP contribution is -2.03. The van der Waals surface area contributed by atoms with E-state index in [-0.39, 0.29) is 11.8 Å². The molecule has 14 heavy (non-hydrogen) atoms. The van der Waals surface area contributed by atoms with Crippen LogP contribution in [0.1, 0.15) is 52.4 Å². The first kappa shape index (κ1) is 13.1. The van der Waals surface area contributed by atoms with Crippen LogP contribution in [-0.2, 0) is 14.3 Å². The molecule has 0 aliphatic heterocycles. The Hall–Kier alpha value is -0.860. The summed E-state index contributed by atoms with van der Waals surface area (Å²) >= 11 is 0. The topological polar surface area (TPSA) is 43.4 Å². The molecule has 0 radical (unpaired) electrons. The highest BCUT2D eigenvalue weighted by molar-refractivity contribution is 5.75. The quantitative estimate of drug-likeness (QED) is 0.446. The van der Waals surface area contributed by atoms with Crippen molar-refractivity contribution in [1.82, 2.24) is 0 Å². The maximum absolute atomic E-state index is 10.9. The third kappa shape index (κ3) is 9.23. The van der Waals surface area contributed by atoms with Crippen molar-refractivity contribution < 1.29 is 14.3 Å². The summed E-state index contributed by atoms with van der Waals surface area (Å²) in [6, 6.07) is 0. The van der Waals surface area contributed by atoms with Crippen LogP contribution in [-0.4, -0.2) is 18.4 Å². The monoisotopic (exact) mass is 200 g/mol. The Labute approximate surface area is 85.8 Å². The van der Waals surface area contributed by atoms with Crippen LogP contribution >= 0.6 is 0 Å². The zero-order valence-corrected chi connectivity index (χ0v) is 9.17. The summed E-state index contributed by atoms with van der Waals surface area (Å²) in [4.78, 5) is 21.5. The maximum atomic E-state index is 10.9. The number of carbonyl (C=O) groups excluding carboxylic acids is 2. The Kier molecular flexibility index (Phi) is 8.19. The van der Waals surface area contributed by atoms with Crippen molar-refractivity contribution in [3.05, 3.63) is 0 Å². The van der Waals surface area contributed by atoms with Gasteiger partial charge in [-0.25, -0.2) is 0 Å². The van der Waals surface area contributed by atoms with E-state index in [0.717, 1.165) is 25.7 Å². The number of ether oxygens (including phenoxy) is 1. The molecule has 0 aliphatic rings. The number of hydrogen-bond donors (Lipinski definition) is 0. The van der Waals surface area contributed by atoms with E-state index in [1.807, 2.05) is 6.92 Å². The van der Waals surface area contributed by atoms with Gasteiger partial charge < -0.3 is 9.53 Å². The minimum atomic E-state index is -0.112. The minimum absolute atomic E-state index is 0.112. The Morgan fingerprint density at radius 1 is 1.00 bits per heavy atom. The summed E-state index contributed by atoms with van der Waals surface area (Å²) in [5.41, 5.74) is 0. The molecule has 0 unspecified atom stereocenters. The van der Waals surface area contributed by atoms with Gasteiger partial charge in [-0.3, -0.25) is 4.79 Å². The Morgan fingerprint density at radius 2 is 1.57 bits per heavy atom. The van der Waals surface area contributed by atoms with Crippen molar-refractivity contribution in [3.63, 3.8) is 0 Å². The number of carbonyl (C=O) groups is 2. The molecule has 0 atom stereocenters. The van der Waals surface area contributed by atoms with E-state index in [9.17, 15) is 9.59 Å². The zero-order valence-electron chi connectivity index (χ0n) is 9.17. The highest BCUT2D eigenvalue weighted by Gasteiger charge is 2.00. The van der Waals surface area contributed by atoms with E-state index in [1.165, 1.54) is 0 Å². The fourth-order valence-corrected chi connectivity index (χ4v) is 1.23. The molecule has 3 heteroatoms. The molecule has 0 rings (SSSR count). The molecule has 0 saturated carbocycles. The van der Waals surface area contributed by atoms with E-state index in [4.69, 9.17) is 4.74 Å². The van der Waals surface area contributed by atoms with Crippen molar-refractivity contribution >= 4 is 11.8 Å². The van der Waals surface area contributed by atoms with Crippen LogP contribution in [0.3, 0.4) is 0 Å². The van der Waals surface area contributed by atoms with Gasteiger partial charge in [0.2, 0.25) is 0 Å². The largest absolute Gasteiger partial charge is 0.466 e. The summed E-state index contributed by atoms with van der Waals surface area (Å²) in [6.07, 6.45) is 5.02. The molecule has 0 N–H and O–H groups in total. The van der Waals surface area contributed by atoms with Gasteiger partial charge in [-0.1, -0.05) is 12.8 Å². The summed E-state index contributed by atoms with van der Waals surface area (Å²) in [6.45, 7) is 3.88. The van der Waals surface area contributed by atoms with Gasteiger partial charge in [0.1, 0.15) is 5.78 Å². The van der Waals surface area contributed by atoms with E-state index in [2.05, 4.69) is 0 Å². The standard InChI is InChI=1S/C11H20O3/c1-3-14-11(13)9-7-5-4-6-8-10(2)12/h3-9H2,1-2H3. The first-order chi connectivity index (χ1) is 6.66. The summed E-state index contributed by atoms with van der Waals surface area (Å²) in [7, 11) is 0. The van der Waals surface area contributed by atoms with E-state index < -0.39 is 0 Å². The number of unbranched alkanes of at least 4 members (excludes halogenated alkanes) is 3. The van der Waals surface area contributed by atoms with E-state index >= 15 is 0 Å². The molecule has 0 aliphatic carbocycles. The summed E-state index contributed by atoms with van der Waals surface area (Å²) in [5, 5.41) is 0. The molecule has 0 aromatic rings. The highest BCUT2D eigenvalue weighted by atomic mass is 16.5. The van der Waals surface area contributed by atoms with Crippen LogP contribution in [0.15, 0.2) is 0 Å². The van der Waals surface area contributed by atoms with E-state index in [1.54, 1.807) is 6.92 Å². The second-order valence-corrected chi connectivity index (χ2v) is 3.42. The molecule has 0 fully saturated rings. The van der Waals surface area contributed by atoms with Crippen LogP contribution < -0.4 is 0 Å². The third-order valence-corrected chi connectivity index (χ3v) is 1.97. The average molecular weight is 200 g/mol. The smallest absolute Gasteiger partial charge is 0.305 e. The molecule has 0 aromatic carbocycles. The van der Waals surface area contributed by atoms with Crippen molar-refractivity contribution in [2.75, 3.05) is 6.61 Å². The van der Waals surface area contributed by atoms with Crippen molar-refractivity contribution in [1.29, 1.82) is 0 Å². The Balaban J connectivity index is 3.13. The average Bonchev–Trinajstić information content (AvgIpc) is 2.11. The van der Waals surface area contributed by atoms with Crippen LogP contribution in [0.25, 0.3) is 0 Å². The SMILES string of the molecule is CCOC(=O)CCCCCCC(C)=O. The van der Waals surface area contributed by atoms with Gasteiger partial charge in [-0.15, -0.1) is 0 Å². The highest BCUT2D eigenvalue weighted by Crippen LogP contribution is 2.06. The molecule has 0 amide bonds. The maximum Gasteiger partial charge on any atom is 0.305 e. The van der Waals surface area contributed by atoms with Gasteiger partial charge >= 0.3 is 5.97 Å². The summed E-state index contributed by atoms with van der Waals surface area (Å²) < 4.78 is 4.79. The number of ketones is 1. The molecule has 0 bridgehead atoms. The normalized spacial score (nSPS) is 9.86. The lowest BCUT2D eigenvalue weighted by Gasteiger charge is -2.01. The van der Waals surface area contributed by atoms with Crippen LogP contribution in [0.5, 0.6) is 0 Å². The fraction of sp³-hybridized carbons (Fsp3) is 0.818. The zero-order chi connectivity index (χ0) is 10.8. The fourth-order valence-electron chi connectivity index (χ4n) is 1.23. The molecular weight excluding hydrogens is 180 g/mol. The predicted molar refractivity (Wildman–Crippen MR) is 55.0 cm³/mol. The molecule has 3 nitrogen and oxygen atoms in total. The van der Waals surface area contributed by atoms with Crippen LogP contribution in [0.4, 0.5) is 0 Å². The second kappa shape index (κ2) is 8.73. The molecule has 0 heterocycles. The van der Waals surface area contributed by atoms with Gasteiger partial charge in [-0.05, 0) is 26.7 Å². The number of rotatable bonds is 8. The molecule has 0 aromatic heterocycles. The van der Waals surface area contributed by atoms with Gasteiger partial charge in [0, 0.05) is 12.8 Å². The Morgan fingerprint density at radius 3 is 2.07 bits per heavy atom. The lowest BCUT2D eigenvalue weighted by atomic mass is 10.1. The van der Waals surface area contributed by atoms with Gasteiger partial charge in [-0.2, -0.15) is 0 Å². The van der Waals surface area contributed by atoms with Crippen LogP contribution in [0.2, 0.25) is 0 Å². The number of esters is 1. The third-order valence-electron chi connectivity index (χ3n) is 1.97. The number of Topliss-reactive ketones (excluding diaryl/α,β-unsaturated/α-hetero) is 1. The minimum Gasteiger partial charge on any atom is -0.466 e. The van der Waals surface area contributed by atoms with Crippen molar-refractivity contribution in [2.24, 2.45) is 0 Å². The molecule has 0 spiro atoms. The molecular formula is C11H20O3.